The molecular formula is C18H25N5O2. The maximum Gasteiger partial charge on any atom is 0.274 e. The van der Waals surface area contributed by atoms with Crippen LogP contribution in [-0.4, -0.2) is 28.0 Å². The van der Waals surface area contributed by atoms with Crippen LogP contribution in [0.2, 0.25) is 0 Å². The summed E-state index contributed by atoms with van der Waals surface area (Å²) in [6, 6.07) is 7.05. The van der Waals surface area contributed by atoms with Crippen LogP contribution < -0.4 is 10.2 Å². The molecule has 1 heterocycles. The second kappa shape index (κ2) is 8.41. The van der Waals surface area contributed by atoms with E-state index in [0.717, 1.165) is 37.4 Å². The Bertz CT molecular complexity index is 744. The third kappa shape index (κ3) is 4.65. The molecule has 2 aromatic rings. The number of nitrogens with zero attached hydrogens (tertiary/aromatic N) is 4. The van der Waals surface area contributed by atoms with Crippen molar-refractivity contribution in [2.75, 3.05) is 23.3 Å². The minimum atomic E-state index is -0.379. The molecule has 0 atom stereocenters. The van der Waals surface area contributed by atoms with E-state index >= 15 is 0 Å². The van der Waals surface area contributed by atoms with Crippen LogP contribution in [0.15, 0.2) is 24.3 Å². The lowest BCUT2D eigenvalue weighted by Gasteiger charge is -2.21. The van der Waals surface area contributed by atoms with Crippen LogP contribution in [0, 0.1) is 17.0 Å². The summed E-state index contributed by atoms with van der Waals surface area (Å²) in [5.74, 6) is 1.33. The number of hydrogen-bond donors (Lipinski definition) is 1. The van der Waals surface area contributed by atoms with Crippen molar-refractivity contribution in [1.82, 2.24) is 9.97 Å². The molecule has 1 aromatic heterocycles. The highest BCUT2D eigenvalue weighted by molar-refractivity contribution is 5.61. The van der Waals surface area contributed by atoms with E-state index in [9.17, 15) is 10.1 Å². The molecule has 0 spiro atoms. The third-order valence-corrected chi connectivity index (χ3v) is 4.02. The van der Waals surface area contributed by atoms with E-state index in [1.807, 2.05) is 6.07 Å². The van der Waals surface area contributed by atoms with Gasteiger partial charge in [-0.3, -0.25) is 10.1 Å². The van der Waals surface area contributed by atoms with Crippen LogP contribution in [0.25, 0.3) is 0 Å². The van der Waals surface area contributed by atoms with Crippen LogP contribution in [0.1, 0.15) is 38.4 Å². The Hall–Kier alpha value is -2.70. The van der Waals surface area contributed by atoms with Gasteiger partial charge in [-0.15, -0.1) is 0 Å². The lowest BCUT2D eigenvalue weighted by Crippen LogP contribution is -2.23. The fraction of sp³-hybridized carbons (Fsp3) is 0.444. The van der Waals surface area contributed by atoms with Crippen molar-refractivity contribution in [2.24, 2.45) is 0 Å². The van der Waals surface area contributed by atoms with E-state index in [-0.39, 0.29) is 10.6 Å². The predicted octanol–water partition coefficient (Wildman–Crippen LogP) is 4.24. The third-order valence-electron chi connectivity index (χ3n) is 4.02. The summed E-state index contributed by atoms with van der Waals surface area (Å²) in [4.78, 5) is 22.0. The van der Waals surface area contributed by atoms with Crippen LogP contribution in [0.4, 0.5) is 23.1 Å². The van der Waals surface area contributed by atoms with Gasteiger partial charge in [0.25, 0.3) is 5.69 Å². The van der Waals surface area contributed by atoms with Crippen molar-refractivity contribution in [3.8, 4) is 0 Å². The first kappa shape index (κ1) is 18.6. The summed E-state index contributed by atoms with van der Waals surface area (Å²) >= 11 is 0. The summed E-state index contributed by atoms with van der Waals surface area (Å²) < 4.78 is 0. The number of benzene rings is 1. The molecule has 7 nitrogen and oxygen atoms in total. The van der Waals surface area contributed by atoms with Gasteiger partial charge in [0.05, 0.1) is 4.92 Å². The predicted molar refractivity (Wildman–Crippen MR) is 101 cm³/mol. The highest BCUT2D eigenvalue weighted by Crippen LogP contribution is 2.25. The topological polar surface area (TPSA) is 84.2 Å². The van der Waals surface area contributed by atoms with Gasteiger partial charge in [-0.25, -0.2) is 4.98 Å². The number of aryl methyl sites for hydroxylation is 2. The van der Waals surface area contributed by atoms with Crippen LogP contribution in [0.5, 0.6) is 0 Å². The molecule has 1 aromatic carbocycles. The Labute approximate surface area is 148 Å². The quantitative estimate of drug-likeness (QED) is 0.570. The van der Waals surface area contributed by atoms with E-state index in [1.165, 1.54) is 6.07 Å². The van der Waals surface area contributed by atoms with Crippen LogP contribution >= 0.6 is 0 Å². The van der Waals surface area contributed by atoms with Crippen molar-refractivity contribution in [1.29, 1.82) is 0 Å². The normalized spacial score (nSPS) is 10.6. The standard InChI is InChI=1S/C18H25N5O2/c1-5-8-14-12-17(22(6-2)7-3)21-18(19-14)20-15-10-9-13(4)16(11-15)23(24)25/h9-12H,5-8H2,1-4H3,(H,19,20,21). The maximum atomic E-state index is 11.1. The molecule has 0 aliphatic heterocycles. The first-order valence-electron chi connectivity index (χ1n) is 8.63. The smallest absolute Gasteiger partial charge is 0.274 e. The van der Waals surface area contributed by atoms with E-state index in [4.69, 9.17) is 0 Å². The molecule has 0 amide bonds. The van der Waals surface area contributed by atoms with E-state index < -0.39 is 0 Å². The fourth-order valence-corrected chi connectivity index (χ4v) is 2.65. The zero-order chi connectivity index (χ0) is 18.4. The number of hydrogen-bond acceptors (Lipinski definition) is 6. The molecule has 25 heavy (non-hydrogen) atoms. The Morgan fingerprint density at radius 3 is 2.48 bits per heavy atom. The highest BCUT2D eigenvalue weighted by atomic mass is 16.6. The van der Waals surface area contributed by atoms with Gasteiger partial charge in [0.1, 0.15) is 5.82 Å². The maximum absolute atomic E-state index is 11.1. The first-order chi connectivity index (χ1) is 12.0. The Morgan fingerprint density at radius 2 is 1.88 bits per heavy atom. The molecule has 0 saturated heterocycles. The van der Waals surface area contributed by atoms with E-state index in [1.54, 1.807) is 19.1 Å². The molecule has 0 unspecified atom stereocenters. The summed E-state index contributed by atoms with van der Waals surface area (Å²) in [5, 5.41) is 14.2. The lowest BCUT2D eigenvalue weighted by atomic mass is 10.2. The molecule has 134 valence electrons. The van der Waals surface area contributed by atoms with Crippen molar-refractivity contribution in [3.63, 3.8) is 0 Å². The molecule has 1 N–H and O–H groups in total. The average molecular weight is 343 g/mol. The SMILES string of the molecule is CCCc1cc(N(CC)CC)nc(Nc2ccc(C)c([N+](=O)[O-])c2)n1. The lowest BCUT2D eigenvalue weighted by molar-refractivity contribution is -0.385. The van der Waals surface area contributed by atoms with Gasteiger partial charge in [0.15, 0.2) is 0 Å². The Morgan fingerprint density at radius 1 is 1.16 bits per heavy atom. The minimum Gasteiger partial charge on any atom is -0.357 e. The van der Waals surface area contributed by atoms with Crippen molar-refractivity contribution >= 4 is 23.1 Å². The summed E-state index contributed by atoms with van der Waals surface area (Å²) in [7, 11) is 0. The molecule has 0 aliphatic rings. The Balaban J connectivity index is 2.38. The van der Waals surface area contributed by atoms with Crippen molar-refractivity contribution in [2.45, 2.75) is 40.5 Å². The van der Waals surface area contributed by atoms with Gasteiger partial charge in [0, 0.05) is 42.2 Å². The Kier molecular flexibility index (Phi) is 6.27. The summed E-state index contributed by atoms with van der Waals surface area (Å²) in [6.45, 7) is 9.71. The monoisotopic (exact) mass is 343 g/mol. The second-order valence-electron chi connectivity index (χ2n) is 5.85. The van der Waals surface area contributed by atoms with E-state index in [2.05, 4.69) is 41.0 Å². The number of nitro groups is 1. The van der Waals surface area contributed by atoms with Gasteiger partial charge in [-0.2, -0.15) is 4.98 Å². The molecule has 0 bridgehead atoms. The number of rotatable bonds is 8. The zero-order valence-corrected chi connectivity index (χ0v) is 15.2. The van der Waals surface area contributed by atoms with Gasteiger partial charge in [-0.1, -0.05) is 19.4 Å². The zero-order valence-electron chi connectivity index (χ0n) is 15.2. The molecular weight excluding hydrogens is 318 g/mol. The van der Waals surface area contributed by atoms with Crippen LogP contribution in [0.3, 0.4) is 0 Å². The second-order valence-corrected chi connectivity index (χ2v) is 5.85. The number of anilines is 3. The number of nitrogens with one attached hydrogen (secondary N) is 1. The molecule has 0 aliphatic carbocycles. The molecule has 2 rings (SSSR count). The average Bonchev–Trinajstić information content (AvgIpc) is 2.58. The largest absolute Gasteiger partial charge is 0.357 e. The van der Waals surface area contributed by atoms with Crippen molar-refractivity contribution in [3.05, 3.63) is 45.6 Å². The molecule has 0 radical (unpaired) electrons. The van der Waals surface area contributed by atoms with Gasteiger partial charge < -0.3 is 10.2 Å². The van der Waals surface area contributed by atoms with Crippen molar-refractivity contribution < 1.29 is 4.92 Å². The van der Waals surface area contributed by atoms with E-state index in [0.29, 0.717) is 17.2 Å². The number of nitro benzene ring substituents is 1. The fourth-order valence-electron chi connectivity index (χ4n) is 2.65. The molecule has 0 fully saturated rings. The molecule has 7 heteroatoms. The van der Waals surface area contributed by atoms with Gasteiger partial charge in [0.2, 0.25) is 5.95 Å². The van der Waals surface area contributed by atoms with Crippen LogP contribution in [-0.2, 0) is 6.42 Å². The highest BCUT2D eigenvalue weighted by Gasteiger charge is 2.13. The summed E-state index contributed by atoms with van der Waals surface area (Å²) in [5.41, 5.74) is 2.28. The first-order valence-corrected chi connectivity index (χ1v) is 8.63. The number of aromatic nitrogens is 2. The van der Waals surface area contributed by atoms with Gasteiger partial charge >= 0.3 is 0 Å². The molecule has 0 saturated carbocycles. The minimum absolute atomic E-state index is 0.0821. The van der Waals surface area contributed by atoms with Gasteiger partial charge in [-0.05, 0) is 33.3 Å². The summed E-state index contributed by atoms with van der Waals surface area (Å²) in [6.07, 6.45) is 1.85.